The minimum absolute atomic E-state index is 0.0995. The molecule has 10 heteroatoms. The van der Waals surface area contributed by atoms with Gasteiger partial charge in [-0.15, -0.1) is 0 Å². The van der Waals surface area contributed by atoms with Gasteiger partial charge in [0.25, 0.3) is 5.56 Å². The molecule has 0 aliphatic carbocycles. The van der Waals surface area contributed by atoms with Crippen LogP contribution in [0.15, 0.2) is 44.9 Å². The molecule has 3 N–H and O–H groups in total. The Morgan fingerprint density at radius 3 is 2.59 bits per heavy atom. The molecule has 0 spiro atoms. The average molecular weight is 395 g/mol. The third-order valence-electron chi connectivity index (χ3n) is 4.47. The fraction of sp³-hybridized carbons (Fsp3) is 0.412. The minimum Gasteiger partial charge on any atom is -0.390 e. The van der Waals surface area contributed by atoms with Gasteiger partial charge in [-0.2, -0.15) is 0 Å². The van der Waals surface area contributed by atoms with Crippen molar-refractivity contribution in [1.29, 1.82) is 0 Å². The van der Waals surface area contributed by atoms with E-state index in [1.807, 2.05) is 6.92 Å². The van der Waals surface area contributed by atoms with Crippen LogP contribution in [0.25, 0.3) is 0 Å². The molecule has 3 rings (SSSR count). The van der Waals surface area contributed by atoms with Crippen molar-refractivity contribution in [3.63, 3.8) is 0 Å². The number of nitrogens with one attached hydrogen (secondary N) is 2. The Balaban J connectivity index is 1.70. The lowest BCUT2D eigenvalue weighted by molar-refractivity contribution is -0.0169. The molecule has 1 aromatic heterocycles. The van der Waals surface area contributed by atoms with E-state index in [2.05, 4.69) is 9.71 Å². The third kappa shape index (κ3) is 4.19. The van der Waals surface area contributed by atoms with E-state index >= 15 is 0 Å². The highest BCUT2D eigenvalue weighted by Gasteiger charge is 2.36. The molecule has 0 amide bonds. The second kappa shape index (κ2) is 7.39. The molecule has 1 aliphatic heterocycles. The van der Waals surface area contributed by atoms with Crippen LogP contribution in [0.2, 0.25) is 0 Å². The van der Waals surface area contributed by atoms with Crippen LogP contribution in [0.5, 0.6) is 0 Å². The van der Waals surface area contributed by atoms with Gasteiger partial charge < -0.3 is 9.84 Å². The lowest BCUT2D eigenvalue weighted by Crippen LogP contribution is -2.37. The fourth-order valence-electron chi connectivity index (χ4n) is 2.86. The van der Waals surface area contributed by atoms with E-state index < -0.39 is 39.7 Å². The Hall–Kier alpha value is -2.27. The SMILES string of the molecule is Cc1ccc(S(=O)(=O)NC[C@H]2O[C@@H](n3cc(C)c(=O)[nH]c3=O)C[C@@H]2O)cc1. The topological polar surface area (TPSA) is 130 Å². The molecule has 0 radical (unpaired) electrons. The van der Waals surface area contributed by atoms with Crippen molar-refractivity contribution in [2.75, 3.05) is 6.54 Å². The number of hydrogen-bond acceptors (Lipinski definition) is 6. The first-order valence-corrected chi connectivity index (χ1v) is 9.87. The Morgan fingerprint density at radius 1 is 1.26 bits per heavy atom. The van der Waals surface area contributed by atoms with E-state index in [4.69, 9.17) is 4.74 Å². The molecule has 0 saturated carbocycles. The van der Waals surface area contributed by atoms with Crippen molar-refractivity contribution in [3.8, 4) is 0 Å². The minimum atomic E-state index is -3.75. The van der Waals surface area contributed by atoms with Crippen molar-refractivity contribution in [3.05, 3.63) is 62.4 Å². The Labute approximate surface area is 155 Å². The second-order valence-corrected chi connectivity index (χ2v) is 8.34. The molecule has 0 bridgehead atoms. The summed E-state index contributed by atoms with van der Waals surface area (Å²) in [5, 5.41) is 10.2. The van der Waals surface area contributed by atoms with E-state index in [1.54, 1.807) is 19.1 Å². The standard InChI is InChI=1S/C17H21N3O6S/c1-10-3-5-12(6-4-10)27(24,25)18-8-14-13(21)7-15(26-14)20-9-11(2)16(22)19-17(20)23/h3-6,9,13-15,18,21H,7-8H2,1-2H3,(H,19,22,23)/t13-,14+,15+/m0/s1. The van der Waals surface area contributed by atoms with Gasteiger partial charge in [-0.25, -0.2) is 17.9 Å². The molecule has 3 atom stereocenters. The number of H-pyrrole nitrogens is 1. The molecule has 1 saturated heterocycles. The maximum absolute atomic E-state index is 12.4. The lowest BCUT2D eigenvalue weighted by atomic mass is 10.2. The molecular formula is C17H21N3O6S. The first-order valence-electron chi connectivity index (χ1n) is 8.39. The van der Waals surface area contributed by atoms with Crippen LogP contribution in [0.1, 0.15) is 23.8 Å². The van der Waals surface area contributed by atoms with E-state index in [0.717, 1.165) is 5.56 Å². The first-order chi connectivity index (χ1) is 12.7. The van der Waals surface area contributed by atoms with E-state index in [-0.39, 0.29) is 17.9 Å². The molecule has 2 heterocycles. The normalized spacial score (nSPS) is 22.9. The molecule has 146 valence electrons. The van der Waals surface area contributed by atoms with E-state index in [0.29, 0.717) is 5.56 Å². The zero-order valence-electron chi connectivity index (χ0n) is 14.9. The van der Waals surface area contributed by atoms with Gasteiger partial charge in [0.05, 0.1) is 17.1 Å². The Morgan fingerprint density at radius 2 is 1.93 bits per heavy atom. The van der Waals surface area contributed by atoms with Crippen molar-refractivity contribution in [2.24, 2.45) is 0 Å². The lowest BCUT2D eigenvalue weighted by Gasteiger charge is -2.17. The maximum atomic E-state index is 12.4. The second-order valence-electron chi connectivity index (χ2n) is 6.58. The summed E-state index contributed by atoms with van der Waals surface area (Å²) in [4.78, 5) is 25.7. The fourth-order valence-corrected chi connectivity index (χ4v) is 3.91. The van der Waals surface area contributed by atoms with Crippen LogP contribution in [0.3, 0.4) is 0 Å². The number of aliphatic hydroxyl groups is 1. The van der Waals surface area contributed by atoms with Gasteiger partial charge in [0.1, 0.15) is 6.23 Å². The summed E-state index contributed by atoms with van der Waals surface area (Å²) >= 11 is 0. The van der Waals surface area contributed by atoms with E-state index in [1.165, 1.54) is 22.9 Å². The van der Waals surface area contributed by atoms with Crippen molar-refractivity contribution in [2.45, 2.75) is 43.6 Å². The molecular weight excluding hydrogens is 374 g/mol. The smallest absolute Gasteiger partial charge is 0.330 e. The highest BCUT2D eigenvalue weighted by molar-refractivity contribution is 7.89. The van der Waals surface area contributed by atoms with Crippen LogP contribution in [-0.2, 0) is 14.8 Å². The number of aromatic nitrogens is 2. The summed E-state index contributed by atoms with van der Waals surface area (Å²) in [6.45, 7) is 3.26. The number of rotatable bonds is 5. The quantitative estimate of drug-likeness (QED) is 0.642. The summed E-state index contributed by atoms with van der Waals surface area (Å²) in [6.07, 6.45) is -1.12. The molecule has 1 aromatic carbocycles. The first kappa shape index (κ1) is 19.5. The third-order valence-corrected chi connectivity index (χ3v) is 5.91. The monoisotopic (exact) mass is 395 g/mol. The van der Waals surface area contributed by atoms with Crippen LogP contribution in [0, 0.1) is 13.8 Å². The van der Waals surface area contributed by atoms with Crippen molar-refractivity contribution < 1.29 is 18.3 Å². The number of nitrogens with zero attached hydrogens (tertiary/aromatic N) is 1. The molecule has 1 fully saturated rings. The summed E-state index contributed by atoms with van der Waals surface area (Å²) < 4.78 is 34.0. The number of aryl methyl sites for hydroxylation is 2. The van der Waals surface area contributed by atoms with Gasteiger partial charge in [-0.3, -0.25) is 14.3 Å². The van der Waals surface area contributed by atoms with Gasteiger partial charge in [-0.05, 0) is 26.0 Å². The summed E-state index contributed by atoms with van der Waals surface area (Å²) in [5.41, 5.74) is 0.130. The number of benzene rings is 1. The zero-order valence-corrected chi connectivity index (χ0v) is 15.7. The van der Waals surface area contributed by atoms with Gasteiger partial charge in [0.2, 0.25) is 10.0 Å². The summed E-state index contributed by atoms with van der Waals surface area (Å²) in [6, 6.07) is 6.37. The molecule has 2 aromatic rings. The van der Waals surface area contributed by atoms with Crippen LogP contribution >= 0.6 is 0 Å². The highest BCUT2D eigenvalue weighted by atomic mass is 32.2. The highest BCUT2D eigenvalue weighted by Crippen LogP contribution is 2.27. The zero-order chi connectivity index (χ0) is 19.8. The van der Waals surface area contributed by atoms with Gasteiger partial charge >= 0.3 is 5.69 Å². The van der Waals surface area contributed by atoms with E-state index in [9.17, 15) is 23.1 Å². The van der Waals surface area contributed by atoms with Crippen LogP contribution in [-0.4, -0.2) is 41.8 Å². The largest absolute Gasteiger partial charge is 0.390 e. The number of aromatic amines is 1. The summed E-state index contributed by atoms with van der Waals surface area (Å²) in [5.74, 6) is 0. The van der Waals surface area contributed by atoms with Gasteiger partial charge in [0, 0.05) is 24.7 Å². The predicted octanol–water partition coefficient (Wildman–Crippen LogP) is -0.220. The van der Waals surface area contributed by atoms with Gasteiger partial charge in [0.15, 0.2) is 0 Å². The van der Waals surface area contributed by atoms with Crippen molar-refractivity contribution >= 4 is 10.0 Å². The van der Waals surface area contributed by atoms with Crippen LogP contribution in [0.4, 0.5) is 0 Å². The Bertz CT molecular complexity index is 1040. The maximum Gasteiger partial charge on any atom is 0.330 e. The molecule has 1 aliphatic rings. The van der Waals surface area contributed by atoms with Crippen molar-refractivity contribution in [1.82, 2.24) is 14.3 Å². The number of sulfonamides is 1. The Kier molecular flexibility index (Phi) is 5.33. The average Bonchev–Trinajstić information content (AvgIpc) is 2.97. The molecule has 27 heavy (non-hydrogen) atoms. The number of hydrogen-bond donors (Lipinski definition) is 3. The molecule has 9 nitrogen and oxygen atoms in total. The van der Waals surface area contributed by atoms with Crippen LogP contribution < -0.4 is 16.0 Å². The molecule has 0 unspecified atom stereocenters. The number of aliphatic hydroxyl groups excluding tert-OH is 1. The predicted molar refractivity (Wildman–Crippen MR) is 97.0 cm³/mol. The number of ether oxygens (including phenoxy) is 1. The van der Waals surface area contributed by atoms with Gasteiger partial charge in [-0.1, -0.05) is 17.7 Å². The summed E-state index contributed by atoms with van der Waals surface area (Å²) in [7, 11) is -3.75.